The number of aliphatic hydroxyl groups is 1. The molecule has 0 radical (unpaired) electrons. The van der Waals surface area contributed by atoms with Gasteiger partial charge in [0.1, 0.15) is 0 Å². The van der Waals surface area contributed by atoms with E-state index in [0.29, 0.717) is 6.54 Å². The Labute approximate surface area is 115 Å². The minimum atomic E-state index is -0.0289. The fourth-order valence-electron chi connectivity index (χ4n) is 2.65. The van der Waals surface area contributed by atoms with Gasteiger partial charge in [-0.15, -0.1) is 11.3 Å². The Hall–Kier alpha value is -1.24. The molecule has 0 saturated carbocycles. The summed E-state index contributed by atoms with van der Waals surface area (Å²) in [7, 11) is 0. The Morgan fingerprint density at radius 2 is 2.37 bits per heavy atom. The summed E-state index contributed by atoms with van der Waals surface area (Å²) in [5.74, 6) is 0. The summed E-state index contributed by atoms with van der Waals surface area (Å²) in [6.07, 6.45) is 5.09. The summed E-state index contributed by atoms with van der Waals surface area (Å²) >= 11 is 1.47. The van der Waals surface area contributed by atoms with Crippen molar-refractivity contribution in [2.75, 3.05) is 13.2 Å². The molecular weight excluding hydrogens is 262 g/mol. The topological polar surface area (TPSA) is 57.8 Å². The van der Waals surface area contributed by atoms with Gasteiger partial charge in [0.25, 0.3) is 5.56 Å². The molecular formula is C13H17N3O2S. The molecule has 1 N–H and O–H groups in total. The molecule has 1 atom stereocenters. The Balaban J connectivity index is 1.85. The average molecular weight is 279 g/mol. The molecule has 1 aliphatic heterocycles. The van der Waals surface area contributed by atoms with Crippen LogP contribution in [0.15, 0.2) is 22.4 Å². The number of hydrogen-bond donors (Lipinski definition) is 1. The maximum atomic E-state index is 11.9. The van der Waals surface area contributed by atoms with Crippen molar-refractivity contribution < 1.29 is 5.11 Å². The van der Waals surface area contributed by atoms with Gasteiger partial charge < -0.3 is 5.11 Å². The summed E-state index contributed by atoms with van der Waals surface area (Å²) in [6.45, 7) is 1.80. The van der Waals surface area contributed by atoms with Crippen LogP contribution in [0.3, 0.4) is 0 Å². The predicted octanol–water partition coefficient (Wildman–Crippen LogP) is 1.10. The van der Waals surface area contributed by atoms with E-state index in [2.05, 4.69) is 9.88 Å². The maximum absolute atomic E-state index is 11.9. The number of thiazole rings is 1. The SMILES string of the molecule is O=c1cc(CN2CCCCC2CO)nc2sccn12. The van der Waals surface area contributed by atoms with Gasteiger partial charge >= 0.3 is 0 Å². The van der Waals surface area contributed by atoms with Crippen molar-refractivity contribution >= 4 is 16.3 Å². The van der Waals surface area contributed by atoms with Gasteiger partial charge in [0.05, 0.1) is 12.3 Å². The number of aromatic nitrogens is 2. The first-order valence-electron chi connectivity index (χ1n) is 6.58. The molecule has 0 aliphatic carbocycles. The molecule has 0 amide bonds. The molecule has 3 rings (SSSR count). The molecule has 1 fully saturated rings. The van der Waals surface area contributed by atoms with Crippen molar-refractivity contribution in [3.63, 3.8) is 0 Å². The third kappa shape index (κ3) is 2.56. The second-order valence-electron chi connectivity index (χ2n) is 4.94. The van der Waals surface area contributed by atoms with Gasteiger partial charge in [-0.2, -0.15) is 0 Å². The van der Waals surface area contributed by atoms with Crippen LogP contribution < -0.4 is 5.56 Å². The fraction of sp³-hybridized carbons (Fsp3) is 0.538. The minimum absolute atomic E-state index is 0.0289. The van der Waals surface area contributed by atoms with E-state index in [4.69, 9.17) is 0 Å². The molecule has 1 saturated heterocycles. The Kier molecular flexibility index (Phi) is 3.63. The van der Waals surface area contributed by atoms with Crippen molar-refractivity contribution in [2.45, 2.75) is 31.8 Å². The standard InChI is InChI=1S/C13H17N3O2S/c17-9-11-3-1-2-4-15(11)8-10-7-12(18)16-5-6-19-13(16)14-10/h5-7,11,17H,1-4,8-9H2. The molecule has 1 aliphatic rings. The number of piperidine rings is 1. The normalized spacial score (nSPS) is 21.0. The van der Waals surface area contributed by atoms with E-state index in [-0.39, 0.29) is 18.2 Å². The summed E-state index contributed by atoms with van der Waals surface area (Å²) in [6, 6.07) is 1.81. The first kappa shape index (κ1) is 12.8. The predicted molar refractivity (Wildman–Crippen MR) is 74.5 cm³/mol. The lowest BCUT2D eigenvalue weighted by molar-refractivity contribution is 0.0831. The van der Waals surface area contributed by atoms with E-state index in [1.165, 1.54) is 17.8 Å². The Morgan fingerprint density at radius 1 is 1.47 bits per heavy atom. The van der Waals surface area contributed by atoms with Crippen molar-refractivity contribution in [1.82, 2.24) is 14.3 Å². The van der Waals surface area contributed by atoms with Crippen molar-refractivity contribution in [3.8, 4) is 0 Å². The zero-order chi connectivity index (χ0) is 13.2. The second kappa shape index (κ2) is 5.40. The average Bonchev–Trinajstić information content (AvgIpc) is 2.88. The van der Waals surface area contributed by atoms with Crippen LogP contribution in [0.25, 0.3) is 4.96 Å². The van der Waals surface area contributed by atoms with E-state index >= 15 is 0 Å². The fourth-order valence-corrected chi connectivity index (χ4v) is 3.39. The molecule has 0 spiro atoms. The Bertz CT molecular complexity index is 622. The van der Waals surface area contributed by atoms with Gasteiger partial charge in [-0.3, -0.25) is 14.1 Å². The molecule has 2 aromatic heterocycles. The number of likely N-dealkylation sites (tertiary alicyclic amines) is 1. The lowest BCUT2D eigenvalue weighted by Gasteiger charge is -2.34. The molecule has 5 nitrogen and oxygen atoms in total. The maximum Gasteiger partial charge on any atom is 0.258 e. The highest BCUT2D eigenvalue weighted by Crippen LogP contribution is 2.18. The molecule has 6 heteroatoms. The summed E-state index contributed by atoms with van der Waals surface area (Å²) in [4.78, 5) is 19.4. The number of fused-ring (bicyclic) bond motifs is 1. The van der Waals surface area contributed by atoms with Crippen LogP contribution in [0.1, 0.15) is 25.0 Å². The van der Waals surface area contributed by atoms with Crippen molar-refractivity contribution in [2.24, 2.45) is 0 Å². The third-order valence-electron chi connectivity index (χ3n) is 3.68. The third-order valence-corrected chi connectivity index (χ3v) is 4.44. The zero-order valence-electron chi connectivity index (χ0n) is 10.7. The molecule has 1 unspecified atom stereocenters. The van der Waals surface area contributed by atoms with E-state index in [1.54, 1.807) is 16.7 Å². The van der Waals surface area contributed by atoms with Gasteiger partial charge in [-0.1, -0.05) is 6.42 Å². The zero-order valence-corrected chi connectivity index (χ0v) is 11.5. The number of nitrogens with zero attached hydrogens (tertiary/aromatic N) is 3. The van der Waals surface area contributed by atoms with Crippen molar-refractivity contribution in [1.29, 1.82) is 0 Å². The molecule has 0 aromatic carbocycles. The van der Waals surface area contributed by atoms with Gasteiger partial charge in [0.2, 0.25) is 0 Å². The van der Waals surface area contributed by atoms with Gasteiger partial charge in [-0.25, -0.2) is 4.98 Å². The second-order valence-corrected chi connectivity index (χ2v) is 5.82. The number of hydrogen-bond acceptors (Lipinski definition) is 5. The van der Waals surface area contributed by atoms with E-state index in [9.17, 15) is 9.90 Å². The van der Waals surface area contributed by atoms with Crippen LogP contribution in [-0.2, 0) is 6.54 Å². The highest BCUT2D eigenvalue weighted by Gasteiger charge is 2.22. The molecule has 102 valence electrons. The van der Waals surface area contributed by atoms with E-state index < -0.39 is 0 Å². The van der Waals surface area contributed by atoms with Crippen LogP contribution in [-0.4, -0.2) is 38.6 Å². The van der Waals surface area contributed by atoms with Crippen LogP contribution in [0.5, 0.6) is 0 Å². The smallest absolute Gasteiger partial charge is 0.258 e. The highest BCUT2D eigenvalue weighted by molar-refractivity contribution is 7.15. The molecule has 3 heterocycles. The lowest BCUT2D eigenvalue weighted by atomic mass is 10.0. The first-order chi connectivity index (χ1) is 9.28. The minimum Gasteiger partial charge on any atom is -0.395 e. The lowest BCUT2D eigenvalue weighted by Crippen LogP contribution is -2.41. The van der Waals surface area contributed by atoms with E-state index in [1.807, 2.05) is 5.38 Å². The van der Waals surface area contributed by atoms with E-state index in [0.717, 1.165) is 30.0 Å². The summed E-state index contributed by atoms with van der Waals surface area (Å²) < 4.78 is 1.56. The number of rotatable bonds is 3. The number of aliphatic hydroxyl groups excluding tert-OH is 1. The quantitative estimate of drug-likeness (QED) is 0.914. The Morgan fingerprint density at radius 3 is 3.21 bits per heavy atom. The van der Waals surface area contributed by atoms with Gasteiger partial charge in [0, 0.05) is 30.2 Å². The van der Waals surface area contributed by atoms with Gasteiger partial charge in [0.15, 0.2) is 4.96 Å². The van der Waals surface area contributed by atoms with Crippen molar-refractivity contribution in [3.05, 3.63) is 33.7 Å². The van der Waals surface area contributed by atoms with Crippen LogP contribution >= 0.6 is 11.3 Å². The first-order valence-corrected chi connectivity index (χ1v) is 7.46. The molecule has 0 bridgehead atoms. The van der Waals surface area contributed by atoms with Gasteiger partial charge in [-0.05, 0) is 19.4 Å². The molecule has 2 aromatic rings. The highest BCUT2D eigenvalue weighted by atomic mass is 32.1. The molecule has 19 heavy (non-hydrogen) atoms. The monoisotopic (exact) mass is 279 g/mol. The largest absolute Gasteiger partial charge is 0.395 e. The van der Waals surface area contributed by atoms with Crippen LogP contribution in [0.2, 0.25) is 0 Å². The van der Waals surface area contributed by atoms with Crippen LogP contribution in [0, 0.1) is 0 Å². The summed E-state index contributed by atoms with van der Waals surface area (Å²) in [5, 5.41) is 11.3. The van der Waals surface area contributed by atoms with Crippen LogP contribution in [0.4, 0.5) is 0 Å². The summed E-state index contributed by atoms with van der Waals surface area (Å²) in [5.41, 5.74) is 0.770.